The number of esters is 1. The van der Waals surface area contributed by atoms with Gasteiger partial charge in [-0.05, 0) is 28.1 Å². The number of anilines is 1. The summed E-state index contributed by atoms with van der Waals surface area (Å²) in [5.74, 6) is -0.816. The van der Waals surface area contributed by atoms with E-state index < -0.39 is 12.0 Å². The third kappa shape index (κ3) is 4.72. The van der Waals surface area contributed by atoms with Gasteiger partial charge < -0.3 is 15.4 Å². The van der Waals surface area contributed by atoms with E-state index in [1.807, 2.05) is 0 Å². The zero-order valence-electron chi connectivity index (χ0n) is 10.5. The van der Waals surface area contributed by atoms with Gasteiger partial charge in [0.1, 0.15) is 6.04 Å². The molecule has 0 fully saturated rings. The molecule has 2 N–H and O–H groups in total. The average molecular weight is 350 g/mol. The Labute approximate surface area is 124 Å². The second-order valence-electron chi connectivity index (χ2n) is 3.76. The number of hydrogen-bond acceptors (Lipinski definition) is 4. The second-order valence-corrected chi connectivity index (χ2v) is 4.96. The van der Waals surface area contributed by atoms with Crippen LogP contribution in [0.2, 0.25) is 5.02 Å². The van der Waals surface area contributed by atoms with Gasteiger partial charge in [-0.15, -0.1) is 0 Å². The largest absolute Gasteiger partial charge is 0.467 e. The Morgan fingerprint density at radius 1 is 1.47 bits per heavy atom. The molecule has 1 atom stereocenters. The van der Waals surface area contributed by atoms with Gasteiger partial charge in [0.2, 0.25) is 5.91 Å². The Morgan fingerprint density at radius 3 is 2.74 bits per heavy atom. The maximum Gasteiger partial charge on any atom is 0.330 e. The molecule has 0 aliphatic rings. The van der Waals surface area contributed by atoms with Crippen LogP contribution in [0, 0.1) is 0 Å². The highest BCUT2D eigenvalue weighted by Crippen LogP contribution is 2.29. The van der Waals surface area contributed by atoms with E-state index in [4.69, 9.17) is 11.6 Å². The van der Waals surface area contributed by atoms with Crippen molar-refractivity contribution in [2.45, 2.75) is 13.0 Å². The molecule has 5 nitrogen and oxygen atoms in total. The van der Waals surface area contributed by atoms with Crippen LogP contribution in [0.25, 0.3) is 0 Å². The van der Waals surface area contributed by atoms with Crippen molar-refractivity contribution in [3.05, 3.63) is 27.7 Å². The first kappa shape index (κ1) is 15.8. The predicted octanol–water partition coefficient (Wildman–Crippen LogP) is 2.19. The monoisotopic (exact) mass is 348 g/mol. The van der Waals surface area contributed by atoms with E-state index in [0.29, 0.717) is 9.50 Å². The van der Waals surface area contributed by atoms with Gasteiger partial charge in [0.25, 0.3) is 0 Å². The molecule has 1 aromatic carbocycles. The lowest BCUT2D eigenvalue weighted by molar-refractivity contribution is -0.144. The van der Waals surface area contributed by atoms with Crippen LogP contribution < -0.4 is 10.6 Å². The lowest BCUT2D eigenvalue weighted by atomic mass is 10.2. The molecule has 104 valence electrons. The highest BCUT2D eigenvalue weighted by atomic mass is 79.9. The summed E-state index contributed by atoms with van der Waals surface area (Å²) in [6, 6.07) is 4.56. The van der Waals surface area contributed by atoms with Crippen molar-refractivity contribution in [1.82, 2.24) is 5.32 Å². The number of ether oxygens (including phenoxy) is 1. The zero-order valence-corrected chi connectivity index (χ0v) is 12.8. The van der Waals surface area contributed by atoms with Gasteiger partial charge in [0.05, 0.1) is 22.3 Å². The van der Waals surface area contributed by atoms with Gasteiger partial charge >= 0.3 is 5.97 Å². The molecule has 1 unspecified atom stereocenters. The molecule has 7 heteroatoms. The first-order valence-corrected chi connectivity index (χ1v) is 6.65. The minimum absolute atomic E-state index is 0.200. The van der Waals surface area contributed by atoms with Crippen LogP contribution in [0.1, 0.15) is 6.92 Å². The summed E-state index contributed by atoms with van der Waals surface area (Å²) in [5.41, 5.74) is 0.728. The molecule has 0 aliphatic carbocycles. The van der Waals surface area contributed by atoms with Gasteiger partial charge in [-0.1, -0.05) is 17.7 Å². The number of carbonyl (C=O) groups excluding carboxylic acids is 2. The molecule has 0 spiro atoms. The number of methoxy groups -OCH3 is 1. The molecular formula is C12H14BrClN2O3. The van der Waals surface area contributed by atoms with Crippen molar-refractivity contribution in [2.75, 3.05) is 19.0 Å². The molecule has 0 saturated heterocycles. The van der Waals surface area contributed by atoms with Crippen molar-refractivity contribution in [2.24, 2.45) is 0 Å². The van der Waals surface area contributed by atoms with Crippen molar-refractivity contribution in [3.63, 3.8) is 0 Å². The molecule has 19 heavy (non-hydrogen) atoms. The van der Waals surface area contributed by atoms with E-state index >= 15 is 0 Å². The summed E-state index contributed by atoms with van der Waals surface area (Å²) < 4.78 is 5.32. The number of rotatable bonds is 5. The highest BCUT2D eigenvalue weighted by Gasteiger charge is 2.20. The van der Waals surface area contributed by atoms with Crippen LogP contribution in [-0.4, -0.2) is 31.6 Å². The van der Waals surface area contributed by atoms with Crippen LogP contribution in [0.4, 0.5) is 5.69 Å². The zero-order chi connectivity index (χ0) is 14.4. The molecular weight excluding hydrogens is 336 g/mol. The van der Waals surface area contributed by atoms with E-state index in [0.717, 1.165) is 5.69 Å². The summed E-state index contributed by atoms with van der Waals surface area (Å²) in [5, 5.41) is 6.09. The molecule has 1 aromatic rings. The molecule has 1 rings (SSSR count). The fourth-order valence-corrected chi connectivity index (χ4v) is 2.01. The Bertz CT molecular complexity index is 482. The molecule has 0 radical (unpaired) electrons. The Morgan fingerprint density at radius 2 is 2.16 bits per heavy atom. The summed E-state index contributed by atoms with van der Waals surface area (Å²) >= 11 is 9.29. The Balaban J connectivity index is 2.73. The lowest BCUT2D eigenvalue weighted by Gasteiger charge is -2.17. The standard InChI is InChI=1S/C12H14BrClN2O3/c1-7(17)16-10(12(18)19-2)6-15-9-5-3-4-8(14)11(9)13/h3-5,10,15H,6H2,1-2H3,(H,16,17). The van der Waals surface area contributed by atoms with Crippen LogP contribution in [0.5, 0.6) is 0 Å². The first-order chi connectivity index (χ1) is 8.95. The number of amides is 1. The van der Waals surface area contributed by atoms with Crippen molar-refractivity contribution in [1.29, 1.82) is 0 Å². The Kier molecular flexibility index (Phi) is 6.11. The summed E-state index contributed by atoms with van der Waals surface area (Å²) in [6.07, 6.45) is 0. The van der Waals surface area contributed by atoms with E-state index in [-0.39, 0.29) is 12.5 Å². The fourth-order valence-electron chi connectivity index (χ4n) is 1.43. The van der Waals surface area contributed by atoms with Crippen LogP contribution in [0.15, 0.2) is 22.7 Å². The highest BCUT2D eigenvalue weighted by molar-refractivity contribution is 9.10. The molecule has 1 amide bonds. The topological polar surface area (TPSA) is 67.4 Å². The smallest absolute Gasteiger partial charge is 0.330 e. The summed E-state index contributed by atoms with van der Waals surface area (Å²) in [7, 11) is 1.27. The minimum atomic E-state index is -0.756. The normalized spacial score (nSPS) is 11.6. The molecule has 0 aromatic heterocycles. The van der Waals surface area contributed by atoms with Gasteiger partial charge in [0.15, 0.2) is 0 Å². The first-order valence-electron chi connectivity index (χ1n) is 5.48. The number of hydrogen-bond donors (Lipinski definition) is 2. The van der Waals surface area contributed by atoms with Crippen molar-refractivity contribution in [3.8, 4) is 0 Å². The SMILES string of the molecule is COC(=O)C(CNc1cccc(Cl)c1Br)NC(C)=O. The molecule has 0 saturated carbocycles. The average Bonchev–Trinajstić information content (AvgIpc) is 2.37. The van der Waals surface area contributed by atoms with Gasteiger partial charge in [-0.3, -0.25) is 4.79 Å². The van der Waals surface area contributed by atoms with Crippen LogP contribution >= 0.6 is 27.5 Å². The van der Waals surface area contributed by atoms with E-state index in [1.54, 1.807) is 18.2 Å². The van der Waals surface area contributed by atoms with Gasteiger partial charge in [-0.25, -0.2) is 4.79 Å². The van der Waals surface area contributed by atoms with Gasteiger partial charge in [0, 0.05) is 13.5 Å². The number of carbonyl (C=O) groups is 2. The maximum absolute atomic E-state index is 11.5. The number of benzene rings is 1. The second kappa shape index (κ2) is 7.35. The number of halogens is 2. The van der Waals surface area contributed by atoms with Gasteiger partial charge in [-0.2, -0.15) is 0 Å². The minimum Gasteiger partial charge on any atom is -0.467 e. The van der Waals surface area contributed by atoms with E-state index in [1.165, 1.54) is 14.0 Å². The summed E-state index contributed by atoms with van der Waals surface area (Å²) in [6.45, 7) is 1.54. The lowest BCUT2D eigenvalue weighted by Crippen LogP contribution is -2.45. The number of nitrogens with one attached hydrogen (secondary N) is 2. The molecule has 0 aliphatic heterocycles. The third-order valence-corrected chi connectivity index (χ3v) is 3.71. The maximum atomic E-state index is 11.5. The predicted molar refractivity (Wildman–Crippen MR) is 77.3 cm³/mol. The van der Waals surface area contributed by atoms with Crippen LogP contribution in [0.3, 0.4) is 0 Å². The third-order valence-electron chi connectivity index (χ3n) is 2.31. The summed E-state index contributed by atoms with van der Waals surface area (Å²) in [4.78, 5) is 22.5. The van der Waals surface area contributed by atoms with Crippen molar-refractivity contribution < 1.29 is 14.3 Å². The van der Waals surface area contributed by atoms with E-state index in [9.17, 15) is 9.59 Å². The van der Waals surface area contributed by atoms with Crippen molar-refractivity contribution >= 4 is 45.1 Å². The molecule has 0 bridgehead atoms. The quantitative estimate of drug-likeness (QED) is 0.800. The van der Waals surface area contributed by atoms with E-state index in [2.05, 4.69) is 31.3 Å². The molecule has 0 heterocycles. The van der Waals surface area contributed by atoms with Crippen LogP contribution in [-0.2, 0) is 14.3 Å². The Hall–Kier alpha value is -1.27. The fraction of sp³-hybridized carbons (Fsp3) is 0.333.